The molecule has 1 unspecified atom stereocenters. The Bertz CT molecular complexity index is 487. The summed E-state index contributed by atoms with van der Waals surface area (Å²) >= 11 is 0. The van der Waals surface area contributed by atoms with Crippen molar-refractivity contribution in [1.29, 1.82) is 0 Å². The Hall–Kier alpha value is -1.59. The van der Waals surface area contributed by atoms with Crippen LogP contribution in [0.2, 0.25) is 0 Å². The fraction of sp³-hybridized carbons (Fsp3) is 0.650. The van der Waals surface area contributed by atoms with E-state index in [1.165, 1.54) is 5.56 Å². The first-order valence-electron chi connectivity index (χ1n) is 9.45. The number of nitrogens with one attached hydrogen (secondary N) is 2. The quantitative estimate of drug-likeness (QED) is 0.326. The minimum absolute atomic E-state index is 0.104. The summed E-state index contributed by atoms with van der Waals surface area (Å²) in [5.74, 6) is 0.749. The molecule has 0 spiro atoms. The Morgan fingerprint density at radius 2 is 1.84 bits per heavy atom. The van der Waals surface area contributed by atoms with E-state index in [0.717, 1.165) is 25.5 Å². The number of hydrogen-bond donors (Lipinski definition) is 3. The van der Waals surface area contributed by atoms with Crippen molar-refractivity contribution in [3.05, 3.63) is 35.9 Å². The van der Waals surface area contributed by atoms with Crippen molar-refractivity contribution < 1.29 is 9.84 Å². The summed E-state index contributed by atoms with van der Waals surface area (Å²) in [6.45, 7) is 10.8. The molecule has 0 aliphatic carbocycles. The van der Waals surface area contributed by atoms with Gasteiger partial charge in [-0.25, -0.2) is 0 Å². The van der Waals surface area contributed by atoms with E-state index in [4.69, 9.17) is 4.74 Å². The minimum atomic E-state index is -0.712. The van der Waals surface area contributed by atoms with E-state index in [1.54, 1.807) is 0 Å². The van der Waals surface area contributed by atoms with Crippen LogP contribution in [0.25, 0.3) is 0 Å². The predicted octanol–water partition coefficient (Wildman–Crippen LogP) is 3.26. The smallest absolute Gasteiger partial charge is 0.191 e. The van der Waals surface area contributed by atoms with Crippen LogP contribution >= 0.6 is 0 Å². The molecular formula is C20H35N3O2. The van der Waals surface area contributed by atoms with Gasteiger partial charge in [-0.2, -0.15) is 0 Å². The van der Waals surface area contributed by atoms with Crippen molar-refractivity contribution in [2.24, 2.45) is 4.99 Å². The summed E-state index contributed by atoms with van der Waals surface area (Å²) < 4.78 is 5.88. The van der Waals surface area contributed by atoms with E-state index >= 15 is 0 Å². The molecule has 142 valence electrons. The van der Waals surface area contributed by atoms with E-state index < -0.39 is 5.60 Å². The normalized spacial score (nSPS) is 13.6. The molecule has 0 fully saturated rings. The molecule has 0 saturated carbocycles. The van der Waals surface area contributed by atoms with Crippen molar-refractivity contribution in [1.82, 2.24) is 10.6 Å². The molecule has 0 bridgehead atoms. The average molecular weight is 350 g/mol. The SMILES string of the molecule is CCNC(=NCC(O)(CC)CC)NCCCOC(C)c1ccccc1. The van der Waals surface area contributed by atoms with Crippen LogP contribution in [0.4, 0.5) is 0 Å². The highest BCUT2D eigenvalue weighted by molar-refractivity contribution is 5.79. The van der Waals surface area contributed by atoms with Crippen molar-refractivity contribution >= 4 is 5.96 Å². The standard InChI is InChI=1S/C20H35N3O2/c1-5-20(24,6-2)16-23-19(21-7-3)22-14-11-15-25-17(4)18-12-9-8-10-13-18/h8-10,12-13,17,24H,5-7,11,14-16H2,1-4H3,(H2,21,22,23). The van der Waals surface area contributed by atoms with Gasteiger partial charge in [0, 0.05) is 19.7 Å². The Balaban J connectivity index is 2.33. The zero-order valence-electron chi connectivity index (χ0n) is 16.2. The zero-order valence-corrected chi connectivity index (χ0v) is 16.2. The molecule has 0 amide bonds. The number of rotatable bonds is 11. The number of ether oxygens (including phenoxy) is 1. The first-order chi connectivity index (χ1) is 12.0. The number of guanidine groups is 1. The van der Waals surface area contributed by atoms with Crippen LogP contribution in [-0.4, -0.2) is 42.9 Å². The Labute approximate surface area is 152 Å². The maximum Gasteiger partial charge on any atom is 0.191 e. The highest BCUT2D eigenvalue weighted by atomic mass is 16.5. The molecule has 3 N–H and O–H groups in total. The van der Waals surface area contributed by atoms with Crippen LogP contribution in [0.3, 0.4) is 0 Å². The number of benzene rings is 1. The second kappa shape index (κ2) is 11.9. The molecule has 0 saturated heterocycles. The maximum atomic E-state index is 10.3. The molecule has 1 atom stereocenters. The van der Waals surface area contributed by atoms with Crippen molar-refractivity contribution in [3.63, 3.8) is 0 Å². The van der Waals surface area contributed by atoms with Gasteiger partial charge in [-0.15, -0.1) is 0 Å². The van der Waals surface area contributed by atoms with E-state index in [1.807, 2.05) is 39.0 Å². The molecule has 1 aromatic carbocycles. The molecule has 5 nitrogen and oxygen atoms in total. The van der Waals surface area contributed by atoms with Crippen LogP contribution in [0.5, 0.6) is 0 Å². The van der Waals surface area contributed by atoms with E-state index in [9.17, 15) is 5.11 Å². The summed E-state index contributed by atoms with van der Waals surface area (Å²) in [4.78, 5) is 4.51. The van der Waals surface area contributed by atoms with Crippen LogP contribution in [0.1, 0.15) is 58.6 Å². The van der Waals surface area contributed by atoms with Gasteiger partial charge < -0.3 is 20.5 Å². The Morgan fingerprint density at radius 1 is 1.16 bits per heavy atom. The summed E-state index contributed by atoms with van der Waals surface area (Å²) in [7, 11) is 0. The third kappa shape index (κ3) is 8.36. The third-order valence-electron chi connectivity index (χ3n) is 4.44. The number of hydrogen-bond acceptors (Lipinski definition) is 3. The lowest BCUT2D eigenvalue weighted by atomic mass is 9.98. The van der Waals surface area contributed by atoms with Crippen LogP contribution in [-0.2, 0) is 4.74 Å². The van der Waals surface area contributed by atoms with Gasteiger partial charge in [0.25, 0.3) is 0 Å². The Kier molecular flexibility index (Phi) is 10.2. The molecule has 0 aliphatic rings. The number of aliphatic hydroxyl groups is 1. The molecule has 5 heteroatoms. The van der Waals surface area contributed by atoms with Gasteiger partial charge in [0.1, 0.15) is 0 Å². The van der Waals surface area contributed by atoms with Gasteiger partial charge in [0.2, 0.25) is 0 Å². The van der Waals surface area contributed by atoms with Gasteiger partial charge in [0.15, 0.2) is 5.96 Å². The highest BCUT2D eigenvalue weighted by Crippen LogP contribution is 2.16. The lowest BCUT2D eigenvalue weighted by Crippen LogP contribution is -2.40. The summed E-state index contributed by atoms with van der Waals surface area (Å²) in [6, 6.07) is 10.2. The topological polar surface area (TPSA) is 65.9 Å². The highest BCUT2D eigenvalue weighted by Gasteiger charge is 2.21. The van der Waals surface area contributed by atoms with E-state index in [2.05, 4.69) is 34.7 Å². The third-order valence-corrected chi connectivity index (χ3v) is 4.44. The van der Waals surface area contributed by atoms with Gasteiger partial charge >= 0.3 is 0 Å². The van der Waals surface area contributed by atoms with E-state index in [-0.39, 0.29) is 6.10 Å². The van der Waals surface area contributed by atoms with Gasteiger partial charge in [-0.05, 0) is 38.7 Å². The second-order valence-corrected chi connectivity index (χ2v) is 6.33. The van der Waals surface area contributed by atoms with Crippen LogP contribution < -0.4 is 10.6 Å². The van der Waals surface area contributed by atoms with Crippen LogP contribution in [0, 0.1) is 0 Å². The lowest BCUT2D eigenvalue weighted by molar-refractivity contribution is 0.0417. The largest absolute Gasteiger partial charge is 0.388 e. The molecule has 1 aromatic rings. The maximum absolute atomic E-state index is 10.3. The summed E-state index contributed by atoms with van der Waals surface area (Å²) in [5.41, 5.74) is 0.486. The summed E-state index contributed by atoms with van der Waals surface area (Å²) in [5, 5.41) is 16.9. The zero-order chi connectivity index (χ0) is 18.5. The molecule has 0 heterocycles. The lowest BCUT2D eigenvalue weighted by Gasteiger charge is -2.23. The van der Waals surface area contributed by atoms with E-state index in [0.29, 0.717) is 26.0 Å². The predicted molar refractivity (Wildman–Crippen MR) is 105 cm³/mol. The number of aliphatic imine (C=N–C) groups is 1. The Morgan fingerprint density at radius 3 is 2.44 bits per heavy atom. The first kappa shape index (κ1) is 21.5. The summed E-state index contributed by atoms with van der Waals surface area (Å²) in [6.07, 6.45) is 2.41. The average Bonchev–Trinajstić information content (AvgIpc) is 2.66. The fourth-order valence-electron chi connectivity index (χ4n) is 2.40. The minimum Gasteiger partial charge on any atom is -0.388 e. The van der Waals surface area contributed by atoms with Crippen molar-refractivity contribution in [3.8, 4) is 0 Å². The number of nitrogens with zero attached hydrogens (tertiary/aromatic N) is 1. The van der Waals surface area contributed by atoms with Crippen LogP contribution in [0.15, 0.2) is 35.3 Å². The second-order valence-electron chi connectivity index (χ2n) is 6.33. The van der Waals surface area contributed by atoms with Gasteiger partial charge in [-0.1, -0.05) is 44.2 Å². The van der Waals surface area contributed by atoms with Crippen molar-refractivity contribution in [2.45, 2.75) is 58.7 Å². The molecule has 0 radical (unpaired) electrons. The molecular weight excluding hydrogens is 314 g/mol. The fourth-order valence-corrected chi connectivity index (χ4v) is 2.40. The monoisotopic (exact) mass is 349 g/mol. The van der Waals surface area contributed by atoms with Crippen molar-refractivity contribution in [2.75, 3.05) is 26.2 Å². The van der Waals surface area contributed by atoms with Gasteiger partial charge in [-0.3, -0.25) is 4.99 Å². The molecule has 0 aliphatic heterocycles. The molecule has 25 heavy (non-hydrogen) atoms. The van der Waals surface area contributed by atoms with Gasteiger partial charge in [0.05, 0.1) is 18.2 Å². The first-order valence-corrected chi connectivity index (χ1v) is 9.45. The molecule has 0 aromatic heterocycles. The molecule has 1 rings (SSSR count).